The van der Waals surface area contributed by atoms with Crippen LogP contribution in [0.2, 0.25) is 0 Å². The first-order valence-electron chi connectivity index (χ1n) is 7.61. The number of carbonyl (C=O) groups excluding carboxylic acids is 2. The quantitative estimate of drug-likeness (QED) is 0.739. The highest BCUT2D eigenvalue weighted by molar-refractivity contribution is 7.91. The van der Waals surface area contributed by atoms with Crippen LogP contribution in [0.4, 0.5) is 0 Å². The van der Waals surface area contributed by atoms with E-state index in [0.717, 1.165) is 5.56 Å². The van der Waals surface area contributed by atoms with Gasteiger partial charge in [-0.2, -0.15) is 0 Å². The van der Waals surface area contributed by atoms with Crippen molar-refractivity contribution in [3.8, 4) is 0 Å². The van der Waals surface area contributed by atoms with Gasteiger partial charge in [0, 0.05) is 13.0 Å². The zero-order valence-corrected chi connectivity index (χ0v) is 13.7. The summed E-state index contributed by atoms with van der Waals surface area (Å²) in [5.74, 6) is -0.900. The molecule has 0 spiro atoms. The second-order valence-corrected chi connectivity index (χ2v) is 7.95. The predicted octanol–water partition coefficient (Wildman–Crippen LogP) is 0.713. The average molecular weight is 339 g/mol. The van der Waals surface area contributed by atoms with Crippen LogP contribution in [0.15, 0.2) is 30.3 Å². The van der Waals surface area contributed by atoms with Crippen molar-refractivity contribution < 1.29 is 22.7 Å². The fraction of sp³-hybridized carbons (Fsp3) is 0.500. The maximum Gasteiger partial charge on any atom is 0.306 e. The van der Waals surface area contributed by atoms with Gasteiger partial charge in [0.25, 0.3) is 5.91 Å². The number of benzene rings is 1. The molecule has 0 saturated carbocycles. The lowest BCUT2D eigenvalue weighted by Crippen LogP contribution is -2.30. The smallest absolute Gasteiger partial charge is 0.306 e. The number of hydrogen-bond acceptors (Lipinski definition) is 5. The number of carbonyl (C=O) groups is 2. The molecule has 0 unspecified atom stereocenters. The Hall–Kier alpha value is -1.89. The Labute approximate surface area is 136 Å². The molecule has 1 fully saturated rings. The first-order valence-corrected chi connectivity index (χ1v) is 9.43. The molecular weight excluding hydrogens is 318 g/mol. The molecule has 1 aliphatic rings. The van der Waals surface area contributed by atoms with Gasteiger partial charge < -0.3 is 10.1 Å². The maximum absolute atomic E-state index is 11.6. The number of esters is 1. The molecule has 1 saturated heterocycles. The van der Waals surface area contributed by atoms with Crippen molar-refractivity contribution in [2.24, 2.45) is 5.92 Å². The van der Waals surface area contributed by atoms with Crippen molar-refractivity contribution in [2.75, 3.05) is 24.7 Å². The number of rotatable bonds is 7. The zero-order chi connectivity index (χ0) is 16.7. The van der Waals surface area contributed by atoms with E-state index in [1.165, 1.54) is 0 Å². The molecular formula is C16H21NO5S. The fourth-order valence-electron chi connectivity index (χ4n) is 2.52. The lowest BCUT2D eigenvalue weighted by molar-refractivity contribution is -0.149. The number of ether oxygens (including phenoxy) is 1. The largest absolute Gasteiger partial charge is 0.456 e. The molecule has 23 heavy (non-hydrogen) atoms. The van der Waals surface area contributed by atoms with Crippen LogP contribution in [0.1, 0.15) is 18.4 Å². The fourth-order valence-corrected chi connectivity index (χ4v) is 4.38. The van der Waals surface area contributed by atoms with Gasteiger partial charge in [0.1, 0.15) is 0 Å². The van der Waals surface area contributed by atoms with Crippen LogP contribution in [-0.2, 0) is 30.6 Å². The molecule has 7 heteroatoms. The van der Waals surface area contributed by atoms with Gasteiger partial charge in [0.2, 0.25) is 0 Å². The SMILES string of the molecule is O=C(COC(=O)C[C@H]1CCS(=O)(=O)C1)NCCc1ccccc1. The molecule has 2 rings (SSSR count). The summed E-state index contributed by atoms with van der Waals surface area (Å²) in [6.07, 6.45) is 1.25. The summed E-state index contributed by atoms with van der Waals surface area (Å²) in [6, 6.07) is 9.74. The van der Waals surface area contributed by atoms with Crippen molar-refractivity contribution >= 4 is 21.7 Å². The minimum atomic E-state index is -3.00. The van der Waals surface area contributed by atoms with Gasteiger partial charge in [-0.3, -0.25) is 9.59 Å². The lowest BCUT2D eigenvalue weighted by Gasteiger charge is -2.09. The number of amides is 1. The van der Waals surface area contributed by atoms with Crippen LogP contribution in [-0.4, -0.2) is 45.0 Å². The Kier molecular flexibility index (Phi) is 6.15. The molecule has 1 aliphatic heterocycles. The molecule has 1 heterocycles. The molecule has 1 N–H and O–H groups in total. The van der Waals surface area contributed by atoms with Gasteiger partial charge in [0.15, 0.2) is 16.4 Å². The van der Waals surface area contributed by atoms with Gasteiger partial charge in [-0.05, 0) is 24.3 Å². The molecule has 1 aromatic rings. The van der Waals surface area contributed by atoms with E-state index in [1.807, 2.05) is 30.3 Å². The Bertz CT molecular complexity index is 642. The van der Waals surface area contributed by atoms with Crippen LogP contribution in [0, 0.1) is 5.92 Å². The third-order valence-electron chi connectivity index (χ3n) is 3.73. The molecule has 0 radical (unpaired) electrons. The average Bonchev–Trinajstić information content (AvgIpc) is 2.85. The third-order valence-corrected chi connectivity index (χ3v) is 5.56. The zero-order valence-electron chi connectivity index (χ0n) is 12.9. The molecule has 0 aromatic heterocycles. The lowest BCUT2D eigenvalue weighted by atomic mass is 10.1. The summed E-state index contributed by atoms with van der Waals surface area (Å²) >= 11 is 0. The van der Waals surface area contributed by atoms with E-state index in [4.69, 9.17) is 4.74 Å². The normalized spacial score (nSPS) is 19.2. The number of hydrogen-bond donors (Lipinski definition) is 1. The molecule has 126 valence electrons. The number of sulfone groups is 1. The summed E-state index contributed by atoms with van der Waals surface area (Å²) in [5.41, 5.74) is 1.12. The third kappa shape index (κ3) is 6.40. The second kappa shape index (κ2) is 8.10. The molecule has 6 nitrogen and oxygen atoms in total. The van der Waals surface area contributed by atoms with E-state index >= 15 is 0 Å². The van der Waals surface area contributed by atoms with E-state index in [9.17, 15) is 18.0 Å². The van der Waals surface area contributed by atoms with Gasteiger partial charge in [-0.1, -0.05) is 30.3 Å². The molecule has 0 aliphatic carbocycles. The van der Waals surface area contributed by atoms with Crippen molar-refractivity contribution in [1.29, 1.82) is 0 Å². The van der Waals surface area contributed by atoms with Crippen LogP contribution < -0.4 is 5.32 Å². The molecule has 1 aromatic carbocycles. The van der Waals surface area contributed by atoms with E-state index in [0.29, 0.717) is 19.4 Å². The number of nitrogens with one attached hydrogen (secondary N) is 1. The van der Waals surface area contributed by atoms with E-state index < -0.39 is 15.8 Å². The van der Waals surface area contributed by atoms with Gasteiger partial charge in [-0.25, -0.2) is 8.42 Å². The Morgan fingerprint density at radius 3 is 2.61 bits per heavy atom. The second-order valence-electron chi connectivity index (χ2n) is 5.72. The molecule has 0 bridgehead atoms. The first-order chi connectivity index (χ1) is 10.9. The Balaban J connectivity index is 1.59. The summed E-state index contributed by atoms with van der Waals surface area (Å²) in [4.78, 5) is 23.2. The van der Waals surface area contributed by atoms with Crippen LogP contribution in [0.3, 0.4) is 0 Å². The minimum absolute atomic E-state index is 0.0331. The highest BCUT2D eigenvalue weighted by atomic mass is 32.2. The van der Waals surface area contributed by atoms with Crippen LogP contribution in [0.25, 0.3) is 0 Å². The summed E-state index contributed by atoms with van der Waals surface area (Å²) < 4.78 is 27.5. The van der Waals surface area contributed by atoms with Crippen molar-refractivity contribution in [1.82, 2.24) is 5.32 Å². The standard InChI is InChI=1S/C16H21NO5S/c18-15(17-8-6-13-4-2-1-3-5-13)11-22-16(19)10-14-7-9-23(20,21)12-14/h1-5,14H,6-12H2,(H,17,18)/t14-/m1/s1. The highest BCUT2D eigenvalue weighted by Gasteiger charge is 2.29. The van der Waals surface area contributed by atoms with Crippen molar-refractivity contribution in [3.63, 3.8) is 0 Å². The van der Waals surface area contributed by atoms with Gasteiger partial charge in [0.05, 0.1) is 11.5 Å². The Morgan fingerprint density at radius 1 is 1.22 bits per heavy atom. The topological polar surface area (TPSA) is 89.5 Å². The molecule has 1 atom stereocenters. The minimum Gasteiger partial charge on any atom is -0.456 e. The van der Waals surface area contributed by atoms with Crippen LogP contribution >= 0.6 is 0 Å². The van der Waals surface area contributed by atoms with E-state index in [-0.39, 0.29) is 36.4 Å². The van der Waals surface area contributed by atoms with Crippen molar-refractivity contribution in [2.45, 2.75) is 19.3 Å². The predicted molar refractivity (Wildman–Crippen MR) is 85.5 cm³/mol. The summed E-state index contributed by atoms with van der Waals surface area (Å²) in [7, 11) is -3.00. The van der Waals surface area contributed by atoms with Crippen LogP contribution in [0.5, 0.6) is 0 Å². The Morgan fingerprint density at radius 2 is 1.96 bits per heavy atom. The summed E-state index contributed by atoms with van der Waals surface area (Å²) in [6.45, 7) is 0.147. The van der Waals surface area contributed by atoms with E-state index in [2.05, 4.69) is 5.32 Å². The van der Waals surface area contributed by atoms with E-state index in [1.54, 1.807) is 0 Å². The molecule has 1 amide bonds. The van der Waals surface area contributed by atoms with Gasteiger partial charge >= 0.3 is 5.97 Å². The maximum atomic E-state index is 11.6. The summed E-state index contributed by atoms with van der Waals surface area (Å²) in [5, 5.41) is 2.68. The first kappa shape index (κ1) is 17.5. The van der Waals surface area contributed by atoms with Crippen molar-refractivity contribution in [3.05, 3.63) is 35.9 Å². The highest BCUT2D eigenvalue weighted by Crippen LogP contribution is 2.21. The monoisotopic (exact) mass is 339 g/mol. The van der Waals surface area contributed by atoms with Gasteiger partial charge in [-0.15, -0.1) is 0 Å².